The highest BCUT2D eigenvalue weighted by Crippen LogP contribution is 2.38. The van der Waals surface area contributed by atoms with Crippen LogP contribution in [0.15, 0.2) is 18.3 Å². The Labute approximate surface area is 131 Å². The zero-order valence-corrected chi connectivity index (χ0v) is 13.8. The standard InChI is InChI=1S/C16H24N4S/c1-3-4-11-20-16(17-15(18-20)9-12-21-2)14-6-5-10-19(14)13-7-8-13/h5-6,10,13H,3-4,7-9,11-12H2,1-2H3. The summed E-state index contributed by atoms with van der Waals surface area (Å²) in [6, 6.07) is 5.00. The molecule has 0 spiro atoms. The second-order valence-electron chi connectivity index (χ2n) is 5.70. The Morgan fingerprint density at radius 1 is 1.38 bits per heavy atom. The van der Waals surface area contributed by atoms with Gasteiger partial charge in [-0.2, -0.15) is 16.9 Å². The van der Waals surface area contributed by atoms with E-state index < -0.39 is 0 Å². The van der Waals surface area contributed by atoms with Crippen molar-refractivity contribution >= 4 is 11.8 Å². The molecule has 1 aliphatic carbocycles. The minimum atomic E-state index is 0.681. The van der Waals surface area contributed by atoms with Crippen LogP contribution >= 0.6 is 11.8 Å². The first-order chi connectivity index (χ1) is 10.3. The summed E-state index contributed by atoms with van der Waals surface area (Å²) in [5.74, 6) is 3.12. The molecule has 1 aliphatic rings. The largest absolute Gasteiger partial charge is 0.342 e. The van der Waals surface area contributed by atoms with Gasteiger partial charge in [0, 0.05) is 31.0 Å². The second-order valence-corrected chi connectivity index (χ2v) is 6.69. The Morgan fingerprint density at radius 2 is 2.24 bits per heavy atom. The molecule has 5 heteroatoms. The summed E-state index contributed by atoms with van der Waals surface area (Å²) in [5, 5.41) is 4.74. The van der Waals surface area contributed by atoms with Crippen LogP contribution in [0.5, 0.6) is 0 Å². The van der Waals surface area contributed by atoms with Gasteiger partial charge in [-0.3, -0.25) is 0 Å². The van der Waals surface area contributed by atoms with Crippen LogP contribution in [-0.2, 0) is 13.0 Å². The van der Waals surface area contributed by atoms with Gasteiger partial charge >= 0.3 is 0 Å². The average Bonchev–Trinajstić information content (AvgIpc) is 3.09. The van der Waals surface area contributed by atoms with Crippen molar-refractivity contribution in [1.29, 1.82) is 0 Å². The molecule has 2 aromatic rings. The monoisotopic (exact) mass is 304 g/mol. The maximum atomic E-state index is 4.83. The topological polar surface area (TPSA) is 35.6 Å². The van der Waals surface area contributed by atoms with Gasteiger partial charge in [0.25, 0.3) is 0 Å². The zero-order chi connectivity index (χ0) is 14.7. The molecule has 21 heavy (non-hydrogen) atoms. The molecule has 0 unspecified atom stereocenters. The second kappa shape index (κ2) is 6.69. The Balaban J connectivity index is 1.90. The van der Waals surface area contributed by atoms with Gasteiger partial charge in [0.05, 0.1) is 5.69 Å². The summed E-state index contributed by atoms with van der Waals surface area (Å²) in [5.41, 5.74) is 1.23. The SMILES string of the molecule is CCCCn1nc(CCSC)nc1-c1cccn1C1CC1. The van der Waals surface area contributed by atoms with Gasteiger partial charge in [-0.1, -0.05) is 13.3 Å². The lowest BCUT2D eigenvalue weighted by atomic mass is 10.3. The van der Waals surface area contributed by atoms with Crippen LogP contribution in [-0.4, -0.2) is 31.3 Å². The van der Waals surface area contributed by atoms with Crippen LogP contribution in [0.3, 0.4) is 0 Å². The van der Waals surface area contributed by atoms with Crippen molar-refractivity contribution in [2.45, 2.75) is 51.6 Å². The number of rotatable bonds is 8. The molecule has 2 heterocycles. The van der Waals surface area contributed by atoms with Crippen molar-refractivity contribution in [3.05, 3.63) is 24.2 Å². The quantitative estimate of drug-likeness (QED) is 0.744. The van der Waals surface area contributed by atoms with E-state index in [0.29, 0.717) is 6.04 Å². The van der Waals surface area contributed by atoms with Gasteiger partial charge in [0.15, 0.2) is 11.6 Å². The number of aryl methyl sites for hydroxylation is 2. The minimum absolute atomic E-state index is 0.681. The zero-order valence-electron chi connectivity index (χ0n) is 13.0. The summed E-state index contributed by atoms with van der Waals surface area (Å²) < 4.78 is 4.50. The van der Waals surface area contributed by atoms with Crippen molar-refractivity contribution in [1.82, 2.24) is 19.3 Å². The number of nitrogens with zero attached hydrogens (tertiary/aromatic N) is 4. The Morgan fingerprint density at radius 3 is 2.95 bits per heavy atom. The van der Waals surface area contributed by atoms with E-state index in [9.17, 15) is 0 Å². The van der Waals surface area contributed by atoms with Gasteiger partial charge in [0.1, 0.15) is 0 Å². The molecule has 1 saturated carbocycles. The summed E-state index contributed by atoms with van der Waals surface area (Å²) in [6.07, 6.45) is 10.2. The van der Waals surface area contributed by atoms with Gasteiger partial charge in [-0.25, -0.2) is 9.67 Å². The van der Waals surface area contributed by atoms with Crippen LogP contribution in [0.4, 0.5) is 0 Å². The van der Waals surface area contributed by atoms with E-state index in [4.69, 9.17) is 10.1 Å². The van der Waals surface area contributed by atoms with E-state index in [1.165, 1.54) is 25.0 Å². The fourth-order valence-electron chi connectivity index (χ4n) is 2.60. The lowest BCUT2D eigenvalue weighted by molar-refractivity contribution is 0.568. The summed E-state index contributed by atoms with van der Waals surface area (Å²) in [7, 11) is 0. The van der Waals surface area contributed by atoms with E-state index in [-0.39, 0.29) is 0 Å². The summed E-state index contributed by atoms with van der Waals surface area (Å²) in [4.78, 5) is 4.83. The predicted octanol–water partition coefficient (Wildman–Crippen LogP) is 3.79. The van der Waals surface area contributed by atoms with E-state index in [2.05, 4.69) is 40.8 Å². The lowest BCUT2D eigenvalue weighted by Crippen LogP contribution is -2.05. The molecule has 0 aromatic carbocycles. The molecule has 3 rings (SSSR count). The first-order valence-electron chi connectivity index (χ1n) is 7.93. The number of hydrogen-bond donors (Lipinski definition) is 0. The maximum absolute atomic E-state index is 4.83. The highest BCUT2D eigenvalue weighted by atomic mass is 32.2. The Kier molecular flexibility index (Phi) is 4.68. The third-order valence-corrected chi connectivity index (χ3v) is 4.53. The number of thioether (sulfide) groups is 1. The van der Waals surface area contributed by atoms with Crippen LogP contribution in [0, 0.1) is 0 Å². The third-order valence-electron chi connectivity index (χ3n) is 3.92. The molecule has 4 nitrogen and oxygen atoms in total. The fourth-order valence-corrected chi connectivity index (χ4v) is 2.98. The molecule has 0 aliphatic heterocycles. The number of unbranched alkanes of at least 4 members (excludes halogenated alkanes) is 1. The Bertz CT molecular complexity index is 583. The van der Waals surface area contributed by atoms with E-state index in [1.807, 2.05) is 11.8 Å². The van der Waals surface area contributed by atoms with Gasteiger partial charge in [-0.15, -0.1) is 0 Å². The summed E-state index contributed by atoms with van der Waals surface area (Å²) in [6.45, 7) is 3.19. The normalized spacial score (nSPS) is 14.8. The molecule has 0 saturated heterocycles. The molecular weight excluding hydrogens is 280 g/mol. The van der Waals surface area contributed by atoms with Crippen molar-refractivity contribution in [3.8, 4) is 11.5 Å². The van der Waals surface area contributed by atoms with Gasteiger partial charge in [0.2, 0.25) is 0 Å². The van der Waals surface area contributed by atoms with Crippen LogP contribution in [0.2, 0.25) is 0 Å². The molecule has 2 aromatic heterocycles. The Hall–Kier alpha value is -1.23. The fraction of sp³-hybridized carbons (Fsp3) is 0.625. The molecule has 0 atom stereocenters. The van der Waals surface area contributed by atoms with E-state index in [0.717, 1.165) is 36.8 Å². The van der Waals surface area contributed by atoms with E-state index in [1.54, 1.807) is 0 Å². The summed E-state index contributed by atoms with van der Waals surface area (Å²) >= 11 is 1.85. The average molecular weight is 304 g/mol. The van der Waals surface area contributed by atoms with Crippen LogP contribution in [0.25, 0.3) is 11.5 Å². The highest BCUT2D eigenvalue weighted by molar-refractivity contribution is 7.98. The van der Waals surface area contributed by atoms with Crippen LogP contribution < -0.4 is 0 Å². The van der Waals surface area contributed by atoms with Crippen molar-refractivity contribution in [2.75, 3.05) is 12.0 Å². The maximum Gasteiger partial charge on any atom is 0.175 e. The van der Waals surface area contributed by atoms with Gasteiger partial charge < -0.3 is 4.57 Å². The van der Waals surface area contributed by atoms with Crippen molar-refractivity contribution in [3.63, 3.8) is 0 Å². The molecule has 0 radical (unpaired) electrons. The third kappa shape index (κ3) is 3.34. The smallest absolute Gasteiger partial charge is 0.175 e. The highest BCUT2D eigenvalue weighted by Gasteiger charge is 2.26. The lowest BCUT2D eigenvalue weighted by Gasteiger charge is -2.08. The number of aromatic nitrogens is 4. The minimum Gasteiger partial charge on any atom is -0.342 e. The number of hydrogen-bond acceptors (Lipinski definition) is 3. The van der Waals surface area contributed by atoms with E-state index >= 15 is 0 Å². The molecular formula is C16H24N4S. The first-order valence-corrected chi connectivity index (χ1v) is 9.32. The van der Waals surface area contributed by atoms with Gasteiger partial charge in [-0.05, 0) is 37.7 Å². The molecule has 0 bridgehead atoms. The molecule has 114 valence electrons. The molecule has 0 N–H and O–H groups in total. The predicted molar refractivity (Wildman–Crippen MR) is 88.7 cm³/mol. The first kappa shape index (κ1) is 14.7. The molecule has 1 fully saturated rings. The van der Waals surface area contributed by atoms with Crippen molar-refractivity contribution < 1.29 is 0 Å². The van der Waals surface area contributed by atoms with Crippen LogP contribution in [0.1, 0.15) is 44.5 Å². The molecule has 0 amide bonds. The van der Waals surface area contributed by atoms with Crippen molar-refractivity contribution in [2.24, 2.45) is 0 Å².